The summed E-state index contributed by atoms with van der Waals surface area (Å²) in [6.07, 6.45) is 1.64. The van der Waals surface area contributed by atoms with E-state index in [4.69, 9.17) is 34.8 Å². The van der Waals surface area contributed by atoms with Gasteiger partial charge in [0.2, 0.25) is 0 Å². The van der Waals surface area contributed by atoms with Crippen LogP contribution in [0.5, 0.6) is 0 Å². The van der Waals surface area contributed by atoms with Crippen LogP contribution in [0, 0.1) is 10.1 Å². The normalized spacial score (nSPS) is 15.8. The lowest BCUT2D eigenvalue weighted by Gasteiger charge is -2.22. The van der Waals surface area contributed by atoms with E-state index in [0.29, 0.717) is 30.6 Å². The number of aromatic nitrogens is 1. The number of nitrogens with one attached hydrogen (secondary N) is 1. The van der Waals surface area contributed by atoms with Crippen molar-refractivity contribution < 1.29 is 4.92 Å². The predicted molar refractivity (Wildman–Crippen MR) is 94.1 cm³/mol. The van der Waals surface area contributed by atoms with E-state index in [1.165, 1.54) is 4.90 Å². The van der Waals surface area contributed by atoms with Gasteiger partial charge in [-0.15, -0.1) is 0 Å². The first-order valence-corrected chi connectivity index (χ1v) is 8.15. The molecule has 1 saturated heterocycles. The lowest BCUT2D eigenvalue weighted by atomic mass is 10.2. The van der Waals surface area contributed by atoms with Crippen molar-refractivity contribution in [3.05, 3.63) is 60.9 Å². The predicted octanol–water partition coefficient (Wildman–Crippen LogP) is 2.79. The fourth-order valence-electron chi connectivity index (χ4n) is 2.40. The van der Waals surface area contributed by atoms with Gasteiger partial charge in [-0.3, -0.25) is 10.1 Å². The Bertz CT molecular complexity index is 684. The van der Waals surface area contributed by atoms with Crippen LogP contribution in [0.4, 0.5) is 0 Å². The first-order chi connectivity index (χ1) is 11.3. The van der Waals surface area contributed by atoms with E-state index in [0.717, 1.165) is 5.56 Å². The maximum atomic E-state index is 11.7. The van der Waals surface area contributed by atoms with E-state index in [9.17, 15) is 10.1 Å². The van der Waals surface area contributed by atoms with Gasteiger partial charge in [-0.1, -0.05) is 40.9 Å². The average molecular weight is 393 g/mol. The Kier molecular flexibility index (Phi) is 6.15. The molecule has 0 unspecified atom stereocenters. The molecule has 0 aromatic carbocycles. The van der Waals surface area contributed by atoms with Crippen molar-refractivity contribution in [1.82, 2.24) is 20.1 Å². The molecule has 0 saturated carbocycles. The van der Waals surface area contributed by atoms with Gasteiger partial charge in [0, 0.05) is 39.9 Å². The first-order valence-electron chi connectivity index (χ1n) is 7.02. The van der Waals surface area contributed by atoms with Crippen molar-refractivity contribution >= 4 is 34.8 Å². The molecule has 0 radical (unpaired) electrons. The lowest BCUT2D eigenvalue weighted by Crippen LogP contribution is -2.28. The molecule has 0 bridgehead atoms. The average Bonchev–Trinajstić information content (AvgIpc) is 2.93. The Hall–Kier alpha value is -1.70. The maximum Gasteiger partial charge on any atom is 0.334 e. The molecule has 7 nitrogen and oxygen atoms in total. The van der Waals surface area contributed by atoms with Crippen LogP contribution in [0.1, 0.15) is 5.56 Å². The molecule has 24 heavy (non-hydrogen) atoms. The molecule has 1 fully saturated rings. The summed E-state index contributed by atoms with van der Waals surface area (Å²) in [6.45, 7) is 1.63. The molecule has 0 spiro atoms. The van der Waals surface area contributed by atoms with E-state index >= 15 is 0 Å². The molecule has 1 N–H and O–H groups in total. The van der Waals surface area contributed by atoms with Crippen LogP contribution < -0.4 is 5.32 Å². The minimum Gasteiger partial charge on any atom is -0.370 e. The summed E-state index contributed by atoms with van der Waals surface area (Å²) in [7, 11) is 3.29. The Morgan fingerprint density at radius 3 is 2.67 bits per heavy atom. The minimum absolute atomic E-state index is 0.145. The third kappa shape index (κ3) is 4.23. The minimum atomic E-state index is -0.485. The zero-order chi connectivity index (χ0) is 17.9. The molecule has 2 heterocycles. The molecular formula is C14H16Cl3N5O2. The fraction of sp³-hybridized carbons (Fsp3) is 0.357. The highest BCUT2D eigenvalue weighted by atomic mass is 35.5. The standard InChI is InChI=1S/C14H16Cl3N5O2/c1-20(2)11(13(16)17)12(22(23)24)14-18-5-6-21(14)8-9-3-4-10(15)19-7-9/h3-4,7,18H,5-6,8H2,1-2H3. The second-order valence-corrected chi connectivity index (χ2v) is 6.63. The topological polar surface area (TPSA) is 74.5 Å². The smallest absolute Gasteiger partial charge is 0.334 e. The van der Waals surface area contributed by atoms with Crippen molar-refractivity contribution in [2.75, 3.05) is 27.2 Å². The molecule has 130 valence electrons. The summed E-state index contributed by atoms with van der Waals surface area (Å²) in [4.78, 5) is 18.6. The number of halogens is 3. The number of hydrogen-bond donors (Lipinski definition) is 1. The van der Waals surface area contributed by atoms with Crippen molar-refractivity contribution in [2.45, 2.75) is 6.54 Å². The summed E-state index contributed by atoms with van der Waals surface area (Å²) in [5.74, 6) is 0.373. The van der Waals surface area contributed by atoms with Crippen LogP contribution in [-0.4, -0.2) is 46.9 Å². The largest absolute Gasteiger partial charge is 0.370 e. The second kappa shape index (κ2) is 7.92. The highest BCUT2D eigenvalue weighted by Gasteiger charge is 2.33. The molecule has 1 aliphatic rings. The van der Waals surface area contributed by atoms with Crippen LogP contribution in [0.25, 0.3) is 0 Å². The molecule has 1 aliphatic heterocycles. The SMILES string of the molecule is CN(C)C(=C(Cl)Cl)C(=C1NCCN1Cc1ccc(Cl)nc1)[N+](=O)[O-]. The van der Waals surface area contributed by atoms with Crippen LogP contribution in [0.2, 0.25) is 5.15 Å². The molecule has 10 heteroatoms. The highest BCUT2D eigenvalue weighted by Crippen LogP contribution is 2.28. The van der Waals surface area contributed by atoms with Crippen molar-refractivity contribution in [2.24, 2.45) is 0 Å². The van der Waals surface area contributed by atoms with Crippen LogP contribution in [0.15, 0.2) is 40.0 Å². The number of nitro groups is 1. The van der Waals surface area contributed by atoms with E-state index < -0.39 is 4.92 Å². The van der Waals surface area contributed by atoms with E-state index in [-0.39, 0.29) is 15.9 Å². The van der Waals surface area contributed by atoms with Crippen molar-refractivity contribution in [1.29, 1.82) is 0 Å². The van der Waals surface area contributed by atoms with Crippen molar-refractivity contribution in [3.63, 3.8) is 0 Å². The van der Waals surface area contributed by atoms with E-state index in [2.05, 4.69) is 10.3 Å². The first kappa shape index (κ1) is 18.6. The third-order valence-electron chi connectivity index (χ3n) is 3.41. The number of pyridine rings is 1. The third-order valence-corrected chi connectivity index (χ3v) is 3.99. The molecule has 0 aliphatic carbocycles. The fourth-order valence-corrected chi connectivity index (χ4v) is 3.03. The molecule has 0 amide bonds. The van der Waals surface area contributed by atoms with E-state index in [1.807, 2.05) is 11.0 Å². The monoisotopic (exact) mass is 391 g/mol. The van der Waals surface area contributed by atoms with Gasteiger partial charge in [0.15, 0.2) is 5.82 Å². The Morgan fingerprint density at radius 2 is 2.17 bits per heavy atom. The lowest BCUT2D eigenvalue weighted by molar-refractivity contribution is -0.424. The van der Waals surface area contributed by atoms with Crippen LogP contribution in [0.3, 0.4) is 0 Å². The van der Waals surface area contributed by atoms with Gasteiger partial charge in [0.25, 0.3) is 0 Å². The van der Waals surface area contributed by atoms with Gasteiger partial charge < -0.3 is 15.1 Å². The highest BCUT2D eigenvalue weighted by molar-refractivity contribution is 6.56. The number of likely N-dealkylation sites (N-methyl/N-ethyl adjacent to an activating group) is 1. The van der Waals surface area contributed by atoms with Gasteiger partial charge >= 0.3 is 5.70 Å². The zero-order valence-corrected chi connectivity index (χ0v) is 15.4. The second-order valence-electron chi connectivity index (χ2n) is 5.30. The molecule has 2 rings (SSSR count). The Labute approximate surface area is 154 Å². The number of nitrogens with zero attached hydrogens (tertiary/aromatic N) is 4. The van der Waals surface area contributed by atoms with Crippen molar-refractivity contribution in [3.8, 4) is 0 Å². The van der Waals surface area contributed by atoms with Gasteiger partial charge in [0.05, 0.1) is 4.92 Å². The zero-order valence-electron chi connectivity index (χ0n) is 13.1. The summed E-state index contributed by atoms with van der Waals surface area (Å²) in [6, 6.07) is 3.51. The summed E-state index contributed by atoms with van der Waals surface area (Å²) < 4.78 is -0.166. The van der Waals surface area contributed by atoms with Gasteiger partial charge in [-0.2, -0.15) is 0 Å². The Morgan fingerprint density at radius 1 is 1.46 bits per heavy atom. The molecule has 1 aromatic rings. The molecule has 0 atom stereocenters. The molecular weight excluding hydrogens is 377 g/mol. The summed E-state index contributed by atoms with van der Waals surface area (Å²) in [5, 5.41) is 15.1. The summed E-state index contributed by atoms with van der Waals surface area (Å²) >= 11 is 17.5. The van der Waals surface area contributed by atoms with Gasteiger partial charge in [-0.05, 0) is 11.6 Å². The van der Waals surface area contributed by atoms with Gasteiger partial charge in [0.1, 0.15) is 15.3 Å². The number of hydrogen-bond acceptors (Lipinski definition) is 6. The maximum absolute atomic E-state index is 11.7. The van der Waals surface area contributed by atoms with Crippen LogP contribution >= 0.6 is 34.8 Å². The Balaban J connectivity index is 2.43. The number of rotatable bonds is 5. The summed E-state index contributed by atoms with van der Waals surface area (Å²) in [5.41, 5.74) is 0.863. The molecule has 1 aromatic heterocycles. The quantitative estimate of drug-likeness (QED) is 0.472. The van der Waals surface area contributed by atoms with Crippen LogP contribution in [-0.2, 0) is 6.54 Å². The van der Waals surface area contributed by atoms with E-state index in [1.54, 1.807) is 26.4 Å². The van der Waals surface area contributed by atoms with Gasteiger partial charge in [-0.25, -0.2) is 4.98 Å².